The molecule has 1 aliphatic rings. The Bertz CT molecular complexity index is 1180. The average molecular weight is 437 g/mol. The van der Waals surface area contributed by atoms with Crippen molar-refractivity contribution in [1.82, 2.24) is 5.32 Å². The van der Waals surface area contributed by atoms with E-state index in [1.54, 1.807) is 6.07 Å². The number of hydrogen-bond acceptors (Lipinski definition) is 4. The molecule has 4 rings (SSSR count). The van der Waals surface area contributed by atoms with E-state index in [1.165, 1.54) is 11.1 Å². The van der Waals surface area contributed by atoms with Crippen molar-refractivity contribution in [2.75, 3.05) is 18.0 Å². The first kappa shape index (κ1) is 22.3. The standard InChI is InChI=1S/C28H28N4O/c1-4-5-17-32(27-20(2)9-8-12-25(27)29-3)19-21-13-15-22(16-14-21)23-10-6-7-11-24(23)28-30-18-26(33)31-28/h7-9,11-16H,3-5,17-19H2,1-2H3,(H,30,31,33). The van der Waals surface area contributed by atoms with Crippen molar-refractivity contribution in [3.05, 3.63) is 83.4 Å². The fourth-order valence-electron chi connectivity index (χ4n) is 4.13. The molecule has 1 N–H and O–H groups in total. The minimum atomic E-state index is -0.0871. The molecule has 5 nitrogen and oxygen atoms in total. The van der Waals surface area contributed by atoms with Crippen molar-refractivity contribution in [2.24, 2.45) is 9.98 Å². The fraction of sp³-hybridized carbons (Fsp3) is 0.250. The summed E-state index contributed by atoms with van der Waals surface area (Å²) in [5, 5.41) is 2.83. The van der Waals surface area contributed by atoms with Crippen molar-refractivity contribution in [1.29, 1.82) is 0 Å². The van der Waals surface area contributed by atoms with Crippen LogP contribution >= 0.6 is 0 Å². The number of hydrogen-bond donors (Lipinski definition) is 1. The van der Waals surface area contributed by atoms with Gasteiger partial charge in [-0.3, -0.25) is 14.8 Å². The summed E-state index contributed by atoms with van der Waals surface area (Å²) in [7, 11) is 0. The molecular weight excluding hydrogens is 408 g/mol. The molecule has 3 aromatic rings. The van der Waals surface area contributed by atoms with Crippen LogP contribution in [0.3, 0.4) is 0 Å². The number of rotatable bonds is 9. The molecule has 1 amide bonds. The third kappa shape index (κ3) is 4.96. The van der Waals surface area contributed by atoms with Crippen molar-refractivity contribution in [3.63, 3.8) is 0 Å². The van der Waals surface area contributed by atoms with E-state index in [2.05, 4.69) is 83.2 Å². The SMILES string of the molecule is C=Nc1cccc(C)c1N(CCCC)Cc1ccc(-c2c#cccc2C2=NCC(=O)N2)cc1. The molecule has 5 heteroatoms. The van der Waals surface area contributed by atoms with E-state index in [4.69, 9.17) is 0 Å². The van der Waals surface area contributed by atoms with Crippen molar-refractivity contribution in [2.45, 2.75) is 33.2 Å². The van der Waals surface area contributed by atoms with E-state index in [0.717, 1.165) is 54.0 Å². The van der Waals surface area contributed by atoms with Gasteiger partial charge in [0, 0.05) is 24.2 Å². The summed E-state index contributed by atoms with van der Waals surface area (Å²) in [6.07, 6.45) is 2.23. The number of carbonyl (C=O) groups excluding carboxylic acids is 1. The lowest BCUT2D eigenvalue weighted by atomic mass is 9.99. The Morgan fingerprint density at radius 1 is 1.18 bits per heavy atom. The monoisotopic (exact) mass is 436 g/mol. The van der Waals surface area contributed by atoms with Gasteiger partial charge in [0.15, 0.2) is 0 Å². The number of carbonyl (C=O) groups is 1. The lowest BCUT2D eigenvalue weighted by molar-refractivity contribution is -0.117. The molecule has 166 valence electrons. The average Bonchev–Trinajstić information content (AvgIpc) is 3.28. The molecule has 3 aromatic carbocycles. The summed E-state index contributed by atoms with van der Waals surface area (Å²) in [6, 6.07) is 24.6. The number of aryl methyl sites for hydroxylation is 1. The molecule has 0 fully saturated rings. The third-order valence-electron chi connectivity index (χ3n) is 5.79. The largest absolute Gasteiger partial charge is 0.365 e. The Morgan fingerprint density at radius 2 is 2.00 bits per heavy atom. The second kappa shape index (κ2) is 10.1. The Labute approximate surface area is 195 Å². The van der Waals surface area contributed by atoms with Gasteiger partial charge in [0.05, 0.1) is 11.4 Å². The maximum atomic E-state index is 11.6. The van der Waals surface area contributed by atoms with Crippen molar-refractivity contribution >= 4 is 29.8 Å². The second-order valence-corrected chi connectivity index (χ2v) is 8.18. The quantitative estimate of drug-likeness (QED) is 0.464. The molecule has 0 saturated heterocycles. The van der Waals surface area contributed by atoms with E-state index in [-0.39, 0.29) is 12.5 Å². The summed E-state index contributed by atoms with van der Waals surface area (Å²) >= 11 is 0. The second-order valence-electron chi connectivity index (χ2n) is 8.18. The molecule has 0 bridgehead atoms. The summed E-state index contributed by atoms with van der Waals surface area (Å²) in [5.74, 6) is 0.509. The van der Waals surface area contributed by atoms with Gasteiger partial charge in [-0.25, -0.2) is 0 Å². The van der Waals surface area contributed by atoms with Crippen LogP contribution in [0, 0.1) is 19.1 Å². The summed E-state index contributed by atoms with van der Waals surface area (Å²) in [4.78, 5) is 22.6. The Hall–Kier alpha value is -3.91. The lowest BCUT2D eigenvalue weighted by Crippen LogP contribution is -2.25. The smallest absolute Gasteiger partial charge is 0.247 e. The van der Waals surface area contributed by atoms with E-state index >= 15 is 0 Å². The number of nitrogens with one attached hydrogen (secondary N) is 1. The van der Waals surface area contributed by atoms with E-state index in [9.17, 15) is 4.79 Å². The molecule has 0 aliphatic carbocycles. The molecule has 0 spiro atoms. The van der Waals surface area contributed by atoms with Gasteiger partial charge >= 0.3 is 0 Å². The number of unbranched alkanes of at least 4 members (excludes halogenated alkanes) is 1. The predicted octanol–water partition coefficient (Wildman–Crippen LogP) is 5.28. The topological polar surface area (TPSA) is 57.1 Å². The van der Waals surface area contributed by atoms with Crippen LogP contribution in [0.1, 0.15) is 36.5 Å². The number of anilines is 1. The van der Waals surface area contributed by atoms with Gasteiger partial charge in [-0.15, -0.1) is 0 Å². The normalized spacial score (nSPS) is 12.7. The maximum Gasteiger partial charge on any atom is 0.247 e. The molecule has 33 heavy (non-hydrogen) atoms. The number of amides is 1. The predicted molar refractivity (Wildman–Crippen MR) is 135 cm³/mol. The van der Waals surface area contributed by atoms with Crippen LogP contribution in [0.25, 0.3) is 11.1 Å². The fourth-order valence-corrected chi connectivity index (χ4v) is 4.13. The van der Waals surface area contributed by atoms with Gasteiger partial charge in [-0.2, -0.15) is 0 Å². The minimum absolute atomic E-state index is 0.0871. The number of para-hydroxylation sites is 1. The van der Waals surface area contributed by atoms with Crippen LogP contribution in [0.4, 0.5) is 11.4 Å². The Balaban J connectivity index is 1.61. The Morgan fingerprint density at radius 3 is 2.70 bits per heavy atom. The molecule has 0 saturated carbocycles. The maximum absolute atomic E-state index is 11.6. The van der Waals surface area contributed by atoms with Crippen molar-refractivity contribution < 1.29 is 4.79 Å². The summed E-state index contributed by atoms with van der Waals surface area (Å²) in [6.45, 7) is 10.0. The van der Waals surface area contributed by atoms with Crippen molar-refractivity contribution in [3.8, 4) is 11.1 Å². The van der Waals surface area contributed by atoms with Crippen LogP contribution in [0.15, 0.2) is 64.6 Å². The number of aliphatic imine (C=N–C) groups is 2. The van der Waals surface area contributed by atoms with Crippen LogP contribution in [-0.2, 0) is 11.3 Å². The Kier molecular flexibility index (Phi) is 6.85. The van der Waals surface area contributed by atoms with Crippen LogP contribution < -0.4 is 10.2 Å². The van der Waals surface area contributed by atoms with Crippen LogP contribution in [0.5, 0.6) is 0 Å². The highest BCUT2D eigenvalue weighted by molar-refractivity contribution is 6.15. The van der Waals surface area contributed by atoms with E-state index in [1.807, 2.05) is 18.2 Å². The van der Waals surface area contributed by atoms with Gasteiger partial charge in [0.1, 0.15) is 12.4 Å². The first-order valence-electron chi connectivity index (χ1n) is 11.3. The van der Waals surface area contributed by atoms with Crippen LogP contribution in [0.2, 0.25) is 0 Å². The molecule has 1 heterocycles. The zero-order valence-electron chi connectivity index (χ0n) is 19.2. The first-order valence-corrected chi connectivity index (χ1v) is 11.3. The van der Waals surface area contributed by atoms with Crippen LogP contribution in [-0.4, -0.2) is 31.5 Å². The van der Waals surface area contributed by atoms with Gasteiger partial charge in [0.25, 0.3) is 0 Å². The summed E-state index contributed by atoms with van der Waals surface area (Å²) in [5.41, 5.74) is 7.23. The molecular formula is C28H28N4O. The van der Waals surface area contributed by atoms with Gasteiger partial charge in [0.2, 0.25) is 5.91 Å². The molecule has 0 atom stereocenters. The lowest BCUT2D eigenvalue weighted by Gasteiger charge is -2.28. The molecule has 0 aromatic heterocycles. The third-order valence-corrected chi connectivity index (χ3v) is 5.79. The molecule has 0 unspecified atom stereocenters. The highest BCUT2D eigenvalue weighted by Gasteiger charge is 2.19. The minimum Gasteiger partial charge on any atom is -0.365 e. The van der Waals surface area contributed by atoms with Gasteiger partial charge < -0.3 is 10.2 Å². The van der Waals surface area contributed by atoms with Gasteiger partial charge in [-0.1, -0.05) is 61.9 Å². The number of amidine groups is 1. The molecule has 0 radical (unpaired) electrons. The highest BCUT2D eigenvalue weighted by Crippen LogP contribution is 2.33. The number of benzene rings is 2. The van der Waals surface area contributed by atoms with E-state index < -0.39 is 0 Å². The highest BCUT2D eigenvalue weighted by atomic mass is 16.2. The summed E-state index contributed by atoms with van der Waals surface area (Å²) < 4.78 is 0. The zero-order valence-corrected chi connectivity index (χ0v) is 19.2. The van der Waals surface area contributed by atoms with E-state index in [0.29, 0.717) is 5.84 Å². The zero-order chi connectivity index (χ0) is 23.2. The number of nitrogens with zero attached hydrogens (tertiary/aromatic N) is 3. The van der Waals surface area contributed by atoms with Gasteiger partial charge in [-0.05, 0) is 55.0 Å². The first-order chi connectivity index (χ1) is 16.1. The molecule has 1 aliphatic heterocycles.